The van der Waals surface area contributed by atoms with E-state index in [2.05, 4.69) is 9.98 Å². The number of methoxy groups -OCH3 is 2. The molecule has 0 aliphatic rings. The maximum Gasteiger partial charge on any atom is 3.00 e. The summed E-state index contributed by atoms with van der Waals surface area (Å²) in [6.07, 6.45) is 3.81. The molecule has 2 aromatic rings. The minimum Gasteiger partial charge on any atom is -0.870 e. The van der Waals surface area contributed by atoms with Crippen LogP contribution in [0.25, 0.3) is 0 Å². The van der Waals surface area contributed by atoms with E-state index < -0.39 is 15.3 Å². The van der Waals surface area contributed by atoms with Gasteiger partial charge in [0.25, 0.3) is 0 Å². The van der Waals surface area contributed by atoms with Gasteiger partial charge in [-0.1, -0.05) is 35.8 Å². The number of hydrogen-bond donors (Lipinski definition) is 0. The van der Waals surface area contributed by atoms with Crippen LogP contribution >= 0.6 is 0 Å². The summed E-state index contributed by atoms with van der Waals surface area (Å²) in [6, 6.07) is 13.6. The van der Waals surface area contributed by atoms with Gasteiger partial charge in [0.05, 0.1) is 41.6 Å². The summed E-state index contributed by atoms with van der Waals surface area (Å²) >= 11 is 0. The summed E-state index contributed by atoms with van der Waals surface area (Å²) in [7, 11) is 2.93. The SMILES string of the molecule is CC#N.CC#N.COc1cccc(C=NCCCN=Cc2cccc(OC)c2[O-])c1[O-].O=[N+]([O-])[O-].O=[N+]([O-])[O-].O=[N+]([O-])[O-].[Ni+2].[Pr+3]. The molecule has 0 radical (unpaired) electrons. The van der Waals surface area contributed by atoms with Gasteiger partial charge >= 0.3 is 57.8 Å². The van der Waals surface area contributed by atoms with Gasteiger partial charge in [-0.05, 0) is 29.7 Å². The van der Waals surface area contributed by atoms with Crippen molar-refractivity contribution in [2.75, 3.05) is 27.3 Å². The van der Waals surface area contributed by atoms with Crippen LogP contribution in [0.1, 0.15) is 31.4 Å². The van der Waals surface area contributed by atoms with Crippen molar-refractivity contribution in [1.82, 2.24) is 0 Å². The second-order valence-electron chi connectivity index (χ2n) is 6.30. The maximum absolute atomic E-state index is 11.9. The Morgan fingerprint density at radius 1 is 0.711 bits per heavy atom. The van der Waals surface area contributed by atoms with Crippen molar-refractivity contribution in [3.8, 4) is 35.1 Å². The van der Waals surface area contributed by atoms with Crippen LogP contribution in [0.15, 0.2) is 46.4 Å². The maximum atomic E-state index is 11.9. The fourth-order valence-corrected chi connectivity index (χ4v) is 2.17. The molecule has 22 heteroatoms. The topological polar surface area (TPSA) is 335 Å². The number of hydrogen-bond acceptors (Lipinski definition) is 17. The van der Waals surface area contributed by atoms with Crippen molar-refractivity contribution in [2.24, 2.45) is 9.98 Å². The zero-order valence-electron chi connectivity index (χ0n) is 24.1. The molecule has 0 heterocycles. The molecule has 0 fully saturated rings. The van der Waals surface area contributed by atoms with E-state index >= 15 is 0 Å². The molecule has 0 saturated heterocycles. The molecule has 0 aromatic heterocycles. The van der Waals surface area contributed by atoms with Gasteiger partial charge in [0.15, 0.2) is 0 Å². The molecular weight excluding hydrogens is 782 g/mol. The summed E-state index contributed by atoms with van der Waals surface area (Å²) in [5.41, 5.74) is 0.991. The van der Waals surface area contributed by atoms with Crippen LogP contribution in [0, 0.1) is 110 Å². The number of para-hydroxylation sites is 2. The van der Waals surface area contributed by atoms with Crippen molar-refractivity contribution < 1.29 is 92.7 Å². The minimum atomic E-state index is -1.75. The standard InChI is InChI=1S/C19H22N2O4.2C2H3N.3NO3.Ni.Pr/c1-24-16-8-3-6-14(18(16)22)12-20-10-5-11-21-13-15-7-4-9-17(25-2)19(15)23;2*1-2-3;3*2-1(3)4;;/h3-4,6-9,12-13,22-23H,5,10-11H2,1-2H3;2*1H3;;;;;/q;;;3*-1;+2;+3/p-2. The second-order valence-corrected chi connectivity index (χ2v) is 6.30. The van der Waals surface area contributed by atoms with Crippen LogP contribution in [0.2, 0.25) is 0 Å². The van der Waals surface area contributed by atoms with Crippen LogP contribution < -0.4 is 19.7 Å². The van der Waals surface area contributed by atoms with Gasteiger partial charge in [-0.25, -0.2) is 0 Å². The fourth-order valence-electron chi connectivity index (χ4n) is 2.17. The third-order valence-corrected chi connectivity index (χ3v) is 3.49. The molecule has 0 aliphatic carbocycles. The van der Waals surface area contributed by atoms with E-state index in [0.29, 0.717) is 42.1 Å². The van der Waals surface area contributed by atoms with Crippen LogP contribution in [0.5, 0.6) is 23.0 Å². The molecule has 0 aliphatic heterocycles. The first kappa shape index (κ1) is 53.0. The van der Waals surface area contributed by atoms with E-state index in [1.807, 2.05) is 0 Å². The van der Waals surface area contributed by atoms with E-state index in [-0.39, 0.29) is 69.3 Å². The molecule has 0 unspecified atom stereocenters. The first-order chi connectivity index (χ1) is 20.2. The third-order valence-electron chi connectivity index (χ3n) is 3.49. The van der Waals surface area contributed by atoms with E-state index in [1.165, 1.54) is 28.1 Å². The first-order valence-corrected chi connectivity index (χ1v) is 10.9. The van der Waals surface area contributed by atoms with E-state index in [1.54, 1.807) is 61.0 Å². The molecule has 0 saturated carbocycles. The van der Waals surface area contributed by atoms with E-state index in [9.17, 15) is 10.2 Å². The van der Waals surface area contributed by atoms with E-state index in [0.717, 1.165) is 0 Å². The van der Waals surface area contributed by atoms with Gasteiger partial charge in [-0.15, -0.1) is 0 Å². The van der Waals surface area contributed by atoms with Crippen molar-refractivity contribution in [1.29, 1.82) is 10.5 Å². The summed E-state index contributed by atoms with van der Waals surface area (Å²) < 4.78 is 9.97. The molecule has 2 rings (SSSR count). The first-order valence-electron chi connectivity index (χ1n) is 10.9. The summed E-state index contributed by atoms with van der Waals surface area (Å²) in [5.74, 6) is 0.265. The molecule has 244 valence electrons. The average molecular weight is 808 g/mol. The molecule has 0 spiro atoms. The number of ether oxygens (including phenoxy) is 2. The van der Waals surface area contributed by atoms with Gasteiger partial charge in [0, 0.05) is 39.4 Å². The zero-order chi connectivity index (χ0) is 34.2. The molecule has 0 bridgehead atoms. The number of nitrogens with zero attached hydrogens (tertiary/aromatic N) is 7. The van der Waals surface area contributed by atoms with Crippen LogP contribution in [0.4, 0.5) is 0 Å². The Morgan fingerprint density at radius 2 is 0.956 bits per heavy atom. The van der Waals surface area contributed by atoms with Gasteiger partial charge in [0.2, 0.25) is 0 Å². The number of rotatable bonds is 8. The zero-order valence-corrected chi connectivity index (χ0v) is 28.8. The predicted molar refractivity (Wildman–Crippen MR) is 148 cm³/mol. The van der Waals surface area contributed by atoms with Gasteiger partial charge in [-0.3, -0.25) is 9.98 Å². The minimum absolute atomic E-state index is 0. The predicted octanol–water partition coefficient (Wildman–Crippen LogP) is 2.12. The van der Waals surface area contributed by atoms with Crippen LogP contribution in [-0.4, -0.2) is 55.0 Å². The summed E-state index contributed by atoms with van der Waals surface area (Å²) in [4.78, 5) is 33.2. The molecule has 2 aromatic carbocycles. The number of benzene rings is 2. The Balaban J connectivity index is -0.000000157. The molecule has 0 amide bonds. The second kappa shape index (κ2) is 37.4. The van der Waals surface area contributed by atoms with Gasteiger partial charge < -0.3 is 65.7 Å². The molecule has 20 nitrogen and oxygen atoms in total. The van der Waals surface area contributed by atoms with Gasteiger partial charge in [0.1, 0.15) is 11.5 Å². The van der Waals surface area contributed by atoms with Crippen LogP contribution in [-0.2, 0) is 16.5 Å². The molecular formula is C23H26N7NiO13Pr. The normalized spacial score (nSPS) is 8.22. The molecule has 0 N–H and O–H groups in total. The quantitative estimate of drug-likeness (QED) is 0.121. The van der Waals surface area contributed by atoms with Gasteiger partial charge in [-0.2, -0.15) is 10.5 Å². The monoisotopic (exact) mass is 807 g/mol. The smallest absolute Gasteiger partial charge is 0.870 e. The molecule has 45 heavy (non-hydrogen) atoms. The number of aliphatic imine (C=N–C) groups is 2. The fraction of sp³-hybridized carbons (Fsp3) is 0.304. The average Bonchev–Trinajstić information content (AvgIpc) is 2.90. The Kier molecular flexibility index (Phi) is 44.1. The third kappa shape index (κ3) is 39.4. The summed E-state index contributed by atoms with van der Waals surface area (Å²) in [5, 5.41) is 82.7. The Hall–Kier alpha value is -4.58. The Morgan fingerprint density at radius 3 is 1.18 bits per heavy atom. The Labute approximate surface area is 300 Å². The summed E-state index contributed by atoms with van der Waals surface area (Å²) in [6.45, 7) is 3.94. The van der Waals surface area contributed by atoms with Crippen molar-refractivity contribution in [3.63, 3.8) is 0 Å². The molecule has 0 atom stereocenters. The van der Waals surface area contributed by atoms with Crippen molar-refractivity contribution in [2.45, 2.75) is 20.3 Å². The van der Waals surface area contributed by atoms with Crippen molar-refractivity contribution in [3.05, 3.63) is 93.5 Å². The Bertz CT molecular complexity index is 1120. The van der Waals surface area contributed by atoms with Crippen LogP contribution in [0.3, 0.4) is 0 Å². The number of nitriles is 2. The van der Waals surface area contributed by atoms with Crippen molar-refractivity contribution >= 4 is 12.4 Å². The van der Waals surface area contributed by atoms with E-state index in [4.69, 9.17) is 66.0 Å². The largest absolute Gasteiger partial charge is 3.00 e.